The molecule has 1 aliphatic rings. The van der Waals surface area contributed by atoms with E-state index in [0.29, 0.717) is 0 Å². The van der Waals surface area contributed by atoms with Gasteiger partial charge in [0.2, 0.25) is 11.6 Å². The number of hydrogen-bond acceptors (Lipinski definition) is 6. The van der Waals surface area contributed by atoms with Crippen molar-refractivity contribution < 1.29 is 66.8 Å². The van der Waals surface area contributed by atoms with E-state index < -0.39 is 103 Å². The van der Waals surface area contributed by atoms with Crippen LogP contribution in [0, 0.1) is 23.3 Å². The van der Waals surface area contributed by atoms with Gasteiger partial charge in [-0.05, 0) is 0 Å². The standard InChI is InChI=1S/C18H4F4O10/c19-9-1-2(10(20)6(16(27)28)5(9)15(25)26)14(24)4-3(13(1)23)11(21)7(17(29)30)8(12(4)22)18(31)32/h(H,25,26)(H,27,28)(H,29,30)(H,31,32). The van der Waals surface area contributed by atoms with Gasteiger partial charge < -0.3 is 20.4 Å². The van der Waals surface area contributed by atoms with Gasteiger partial charge >= 0.3 is 23.9 Å². The van der Waals surface area contributed by atoms with Gasteiger partial charge in [0.15, 0.2) is 23.3 Å². The number of carbonyl (C=O) groups excluding carboxylic acids is 2. The number of aromatic carboxylic acids is 4. The zero-order valence-corrected chi connectivity index (χ0v) is 14.8. The summed E-state index contributed by atoms with van der Waals surface area (Å²) in [4.78, 5) is 70.4. The van der Waals surface area contributed by atoms with E-state index in [2.05, 4.69) is 0 Å². The van der Waals surface area contributed by atoms with Crippen molar-refractivity contribution in [3.63, 3.8) is 0 Å². The lowest BCUT2D eigenvalue weighted by molar-refractivity contribution is 0.0639. The van der Waals surface area contributed by atoms with Crippen LogP contribution in [0.5, 0.6) is 0 Å². The number of carboxylic acid groups (broad SMARTS) is 4. The summed E-state index contributed by atoms with van der Waals surface area (Å²) in [6.45, 7) is 0. The van der Waals surface area contributed by atoms with Crippen molar-refractivity contribution in [1.29, 1.82) is 0 Å². The molecule has 1 aliphatic carbocycles. The second-order valence-corrected chi connectivity index (χ2v) is 6.13. The molecule has 2 aromatic rings. The van der Waals surface area contributed by atoms with Gasteiger partial charge in [0, 0.05) is 0 Å². The van der Waals surface area contributed by atoms with Crippen LogP contribution in [0.25, 0.3) is 0 Å². The molecule has 0 amide bonds. The monoisotopic (exact) mass is 456 g/mol. The minimum Gasteiger partial charge on any atom is -0.478 e. The molecule has 0 saturated carbocycles. The van der Waals surface area contributed by atoms with E-state index in [4.69, 9.17) is 20.4 Å². The average molecular weight is 456 g/mol. The largest absolute Gasteiger partial charge is 0.478 e. The maximum absolute atomic E-state index is 14.8. The molecule has 0 bridgehead atoms. The number of ketones is 2. The van der Waals surface area contributed by atoms with Crippen LogP contribution in [-0.2, 0) is 0 Å². The average Bonchev–Trinajstić information content (AvgIpc) is 2.66. The Bertz CT molecular complexity index is 1160. The van der Waals surface area contributed by atoms with Gasteiger partial charge in [0.05, 0.1) is 22.3 Å². The molecule has 0 atom stereocenters. The first-order chi connectivity index (χ1) is 14.7. The Morgan fingerprint density at radius 1 is 0.438 bits per heavy atom. The maximum atomic E-state index is 14.8. The van der Waals surface area contributed by atoms with Crippen LogP contribution in [-0.4, -0.2) is 55.9 Å². The maximum Gasteiger partial charge on any atom is 0.339 e. The Hall–Kier alpha value is -4.62. The third kappa shape index (κ3) is 2.65. The van der Waals surface area contributed by atoms with E-state index in [1.807, 2.05) is 0 Å². The normalized spacial score (nSPS) is 12.2. The minimum absolute atomic E-state index is 1.79. The van der Waals surface area contributed by atoms with E-state index in [1.54, 1.807) is 0 Å². The molecule has 2 aromatic carbocycles. The van der Waals surface area contributed by atoms with Crippen molar-refractivity contribution >= 4 is 35.4 Å². The highest BCUT2D eigenvalue weighted by Crippen LogP contribution is 2.39. The number of benzene rings is 2. The Labute approximate surface area is 170 Å². The van der Waals surface area contributed by atoms with Crippen molar-refractivity contribution in [1.82, 2.24) is 0 Å². The molecule has 4 N–H and O–H groups in total. The van der Waals surface area contributed by atoms with Crippen LogP contribution in [0.3, 0.4) is 0 Å². The second-order valence-electron chi connectivity index (χ2n) is 6.13. The summed E-state index contributed by atoms with van der Waals surface area (Å²) in [7, 11) is 0. The Morgan fingerprint density at radius 3 is 0.719 bits per heavy atom. The molecule has 0 spiro atoms. The zero-order valence-electron chi connectivity index (χ0n) is 14.8. The Balaban J connectivity index is 2.61. The summed E-state index contributed by atoms with van der Waals surface area (Å²) >= 11 is 0. The lowest BCUT2D eigenvalue weighted by Crippen LogP contribution is -2.32. The molecular weight excluding hydrogens is 452 g/mol. The molecule has 14 heteroatoms. The molecule has 0 heterocycles. The Kier molecular flexibility index (Phi) is 4.81. The molecule has 32 heavy (non-hydrogen) atoms. The fourth-order valence-electron chi connectivity index (χ4n) is 3.28. The van der Waals surface area contributed by atoms with Crippen molar-refractivity contribution in [3.05, 3.63) is 67.8 Å². The molecule has 0 fully saturated rings. The first-order valence-corrected chi connectivity index (χ1v) is 7.88. The summed E-state index contributed by atoms with van der Waals surface area (Å²) in [5.74, 6) is -22.9. The molecule has 0 unspecified atom stereocenters. The number of halogens is 4. The smallest absolute Gasteiger partial charge is 0.339 e. The molecule has 10 nitrogen and oxygen atoms in total. The number of hydrogen-bond donors (Lipinski definition) is 4. The van der Waals surface area contributed by atoms with Crippen LogP contribution in [0.4, 0.5) is 17.6 Å². The van der Waals surface area contributed by atoms with Crippen molar-refractivity contribution in [2.75, 3.05) is 0 Å². The van der Waals surface area contributed by atoms with Crippen LogP contribution in [0.1, 0.15) is 73.3 Å². The predicted molar refractivity (Wildman–Crippen MR) is 87.4 cm³/mol. The zero-order chi connectivity index (χ0) is 24.4. The van der Waals surface area contributed by atoms with E-state index in [9.17, 15) is 46.3 Å². The van der Waals surface area contributed by atoms with Crippen LogP contribution in [0.2, 0.25) is 0 Å². The molecule has 164 valence electrons. The molecular formula is C18H4F4O10. The van der Waals surface area contributed by atoms with Gasteiger partial charge in [-0.1, -0.05) is 0 Å². The third-order valence-corrected chi connectivity index (χ3v) is 4.52. The lowest BCUT2D eigenvalue weighted by Gasteiger charge is -2.23. The summed E-state index contributed by atoms with van der Waals surface area (Å²) in [5.41, 5.74) is -14.8. The number of carbonyl (C=O) groups is 6. The van der Waals surface area contributed by atoms with Gasteiger partial charge in [0.25, 0.3) is 0 Å². The SMILES string of the molecule is O=C(O)c1c(F)c2c(c(F)c1C(=O)O)C(=O)c1c(F)c(C(=O)O)c(C(=O)O)c(F)c1C2=O. The number of fused-ring (bicyclic) bond motifs is 2. The predicted octanol–water partition coefficient (Wildman–Crippen LogP) is 1.81. The van der Waals surface area contributed by atoms with Gasteiger partial charge in [-0.15, -0.1) is 0 Å². The highest BCUT2D eigenvalue weighted by Gasteiger charge is 2.46. The second kappa shape index (κ2) is 6.97. The van der Waals surface area contributed by atoms with Crippen molar-refractivity contribution in [2.24, 2.45) is 0 Å². The van der Waals surface area contributed by atoms with E-state index >= 15 is 0 Å². The van der Waals surface area contributed by atoms with Gasteiger partial charge in [-0.2, -0.15) is 0 Å². The summed E-state index contributed by atoms with van der Waals surface area (Å²) < 4.78 is 59.2. The van der Waals surface area contributed by atoms with Gasteiger partial charge in [0.1, 0.15) is 22.3 Å². The third-order valence-electron chi connectivity index (χ3n) is 4.52. The van der Waals surface area contributed by atoms with Crippen molar-refractivity contribution in [2.45, 2.75) is 0 Å². The summed E-state index contributed by atoms with van der Waals surface area (Å²) in [5, 5.41) is 36.2. The van der Waals surface area contributed by atoms with Crippen molar-refractivity contribution in [3.8, 4) is 0 Å². The Morgan fingerprint density at radius 2 is 0.594 bits per heavy atom. The quantitative estimate of drug-likeness (QED) is 0.422. The van der Waals surface area contributed by atoms with Gasteiger partial charge in [-0.3, -0.25) is 9.59 Å². The first kappa shape index (κ1) is 22.1. The molecule has 0 aliphatic heterocycles. The highest BCUT2D eigenvalue weighted by atomic mass is 19.1. The van der Waals surface area contributed by atoms with Crippen LogP contribution in [0.15, 0.2) is 0 Å². The van der Waals surface area contributed by atoms with E-state index in [0.717, 1.165) is 0 Å². The molecule has 0 aromatic heterocycles. The lowest BCUT2D eigenvalue weighted by atomic mass is 9.78. The molecule has 3 rings (SSSR count). The minimum atomic E-state index is -2.40. The molecule has 0 saturated heterocycles. The van der Waals surface area contributed by atoms with Crippen LogP contribution < -0.4 is 0 Å². The van der Waals surface area contributed by atoms with E-state index in [1.165, 1.54) is 0 Å². The van der Waals surface area contributed by atoms with E-state index in [-0.39, 0.29) is 0 Å². The topological polar surface area (TPSA) is 183 Å². The molecule has 0 radical (unpaired) electrons. The summed E-state index contributed by atoms with van der Waals surface area (Å²) in [6, 6.07) is 0. The van der Waals surface area contributed by atoms with Crippen LogP contribution >= 0.6 is 0 Å². The number of carboxylic acids is 4. The summed E-state index contributed by atoms with van der Waals surface area (Å²) in [6.07, 6.45) is 0. The first-order valence-electron chi connectivity index (χ1n) is 7.88. The fraction of sp³-hybridized carbons (Fsp3) is 0. The number of rotatable bonds is 4. The van der Waals surface area contributed by atoms with Gasteiger partial charge in [-0.25, -0.2) is 36.7 Å². The fourth-order valence-corrected chi connectivity index (χ4v) is 3.28. The highest BCUT2D eigenvalue weighted by molar-refractivity contribution is 6.30.